The van der Waals surface area contributed by atoms with E-state index in [1.165, 1.54) is 5.06 Å². The fourth-order valence-electron chi connectivity index (χ4n) is 0.706. The van der Waals surface area contributed by atoms with Gasteiger partial charge >= 0.3 is 0 Å². The zero-order valence-corrected chi connectivity index (χ0v) is 9.81. The van der Waals surface area contributed by atoms with E-state index in [0.717, 1.165) is 0 Å². The van der Waals surface area contributed by atoms with Gasteiger partial charge in [-0.1, -0.05) is 15.9 Å². The topological polar surface area (TPSA) is 29.5 Å². The second-order valence-electron chi connectivity index (χ2n) is 3.66. The number of carbonyl (C=O) groups is 1. The molecule has 0 bridgehead atoms. The summed E-state index contributed by atoms with van der Waals surface area (Å²) in [5, 5.41) is 1.26. The molecule has 0 aromatic heterocycles. The molecule has 72 valence electrons. The van der Waals surface area contributed by atoms with E-state index in [2.05, 4.69) is 15.9 Å². The predicted octanol–water partition coefficient (Wildman–Crippen LogP) is 1.96. The summed E-state index contributed by atoms with van der Waals surface area (Å²) < 4.78 is 0. The molecule has 0 radical (unpaired) electrons. The zero-order chi connectivity index (χ0) is 9.94. The van der Waals surface area contributed by atoms with Gasteiger partial charge in [-0.2, -0.15) is 0 Å². The van der Waals surface area contributed by atoms with Crippen LogP contribution < -0.4 is 0 Å². The van der Waals surface area contributed by atoms with E-state index in [-0.39, 0.29) is 16.3 Å². The molecule has 0 aliphatic heterocycles. The molecule has 12 heavy (non-hydrogen) atoms. The van der Waals surface area contributed by atoms with Gasteiger partial charge in [0, 0.05) is 7.05 Å². The number of nitrogens with zero attached hydrogens (tertiary/aromatic N) is 1. The lowest BCUT2D eigenvalue weighted by Gasteiger charge is -2.27. The van der Waals surface area contributed by atoms with Crippen molar-refractivity contribution in [2.24, 2.45) is 0 Å². The van der Waals surface area contributed by atoms with E-state index in [4.69, 9.17) is 4.84 Å². The van der Waals surface area contributed by atoms with Crippen LogP contribution in [-0.4, -0.2) is 28.4 Å². The molecule has 0 saturated heterocycles. The van der Waals surface area contributed by atoms with Crippen LogP contribution in [0.25, 0.3) is 0 Å². The molecule has 0 aromatic carbocycles. The smallest absolute Gasteiger partial charge is 0.259 e. The third-order valence-electron chi connectivity index (χ3n) is 1.06. The number of halogens is 1. The van der Waals surface area contributed by atoms with Crippen LogP contribution in [0.1, 0.15) is 27.7 Å². The number of carbonyl (C=O) groups excluding carboxylic acids is 1. The standard InChI is InChI=1S/C8H16BrNO2/c1-6(9)7(11)10(5)12-8(2,3)4/h6H,1-5H3/t6-/m0/s1. The Morgan fingerprint density at radius 3 is 2.17 bits per heavy atom. The molecule has 0 N–H and O–H groups in total. The lowest BCUT2D eigenvalue weighted by molar-refractivity contribution is -0.215. The monoisotopic (exact) mass is 237 g/mol. The van der Waals surface area contributed by atoms with E-state index in [1.807, 2.05) is 20.8 Å². The lowest BCUT2D eigenvalue weighted by atomic mass is 10.2. The highest BCUT2D eigenvalue weighted by atomic mass is 79.9. The number of hydrogen-bond acceptors (Lipinski definition) is 2. The fraction of sp³-hybridized carbons (Fsp3) is 0.875. The van der Waals surface area contributed by atoms with Crippen molar-refractivity contribution in [3.05, 3.63) is 0 Å². The summed E-state index contributed by atoms with van der Waals surface area (Å²) >= 11 is 3.18. The van der Waals surface area contributed by atoms with Crippen LogP contribution in [0.4, 0.5) is 0 Å². The maximum Gasteiger partial charge on any atom is 0.259 e. The Labute approximate surface area is 82.2 Å². The number of alkyl halides is 1. The Kier molecular flexibility index (Phi) is 4.20. The number of hydrogen-bond donors (Lipinski definition) is 0. The molecule has 0 unspecified atom stereocenters. The van der Waals surface area contributed by atoms with Gasteiger partial charge in [0.1, 0.15) is 0 Å². The Bertz CT molecular complexity index is 163. The van der Waals surface area contributed by atoms with Crippen molar-refractivity contribution in [2.45, 2.75) is 38.1 Å². The number of hydroxylamine groups is 2. The van der Waals surface area contributed by atoms with Crippen molar-refractivity contribution in [1.82, 2.24) is 5.06 Å². The minimum atomic E-state index is -0.327. The Morgan fingerprint density at radius 1 is 1.50 bits per heavy atom. The Morgan fingerprint density at radius 2 is 1.92 bits per heavy atom. The van der Waals surface area contributed by atoms with Crippen LogP contribution in [-0.2, 0) is 9.63 Å². The van der Waals surface area contributed by atoms with Gasteiger partial charge in [-0.05, 0) is 27.7 Å². The molecular formula is C8H16BrNO2. The normalized spacial score (nSPS) is 14.2. The molecule has 0 fully saturated rings. The number of rotatable bonds is 2. The summed E-state index contributed by atoms with van der Waals surface area (Å²) in [6.07, 6.45) is 0. The van der Waals surface area contributed by atoms with E-state index >= 15 is 0 Å². The van der Waals surface area contributed by atoms with Crippen LogP contribution in [0.15, 0.2) is 0 Å². The molecule has 0 rings (SSSR count). The minimum Gasteiger partial charge on any atom is -0.271 e. The quantitative estimate of drug-likeness (QED) is 0.543. The molecule has 4 heteroatoms. The Balaban J connectivity index is 4.05. The highest BCUT2D eigenvalue weighted by molar-refractivity contribution is 9.10. The van der Waals surface area contributed by atoms with Gasteiger partial charge in [0.05, 0.1) is 10.4 Å². The molecule has 0 heterocycles. The van der Waals surface area contributed by atoms with Gasteiger partial charge in [-0.15, -0.1) is 0 Å². The first-order valence-electron chi connectivity index (χ1n) is 3.85. The highest BCUT2D eigenvalue weighted by Crippen LogP contribution is 2.11. The summed E-state index contributed by atoms with van der Waals surface area (Å²) in [6, 6.07) is 0. The van der Waals surface area contributed by atoms with E-state index in [1.54, 1.807) is 14.0 Å². The van der Waals surface area contributed by atoms with Crippen LogP contribution >= 0.6 is 15.9 Å². The molecular weight excluding hydrogens is 222 g/mol. The van der Waals surface area contributed by atoms with Crippen LogP contribution in [0.3, 0.4) is 0 Å². The third-order valence-corrected chi connectivity index (χ3v) is 1.45. The maximum atomic E-state index is 11.3. The van der Waals surface area contributed by atoms with Crippen molar-refractivity contribution >= 4 is 21.8 Å². The maximum absolute atomic E-state index is 11.3. The molecule has 3 nitrogen and oxygen atoms in total. The van der Waals surface area contributed by atoms with Gasteiger partial charge < -0.3 is 0 Å². The molecule has 0 spiro atoms. The summed E-state index contributed by atoms with van der Waals surface area (Å²) in [7, 11) is 1.62. The van der Waals surface area contributed by atoms with E-state index in [0.29, 0.717) is 0 Å². The summed E-state index contributed by atoms with van der Waals surface area (Å²) in [5.74, 6) is -0.0788. The first kappa shape index (κ1) is 11.9. The zero-order valence-electron chi connectivity index (χ0n) is 8.22. The molecule has 0 aliphatic carbocycles. The van der Waals surface area contributed by atoms with E-state index < -0.39 is 0 Å². The third kappa shape index (κ3) is 4.72. The van der Waals surface area contributed by atoms with Crippen LogP contribution in [0.5, 0.6) is 0 Å². The predicted molar refractivity (Wildman–Crippen MR) is 52.0 cm³/mol. The number of amides is 1. The van der Waals surface area contributed by atoms with Crippen LogP contribution in [0, 0.1) is 0 Å². The first-order chi connectivity index (χ1) is 5.24. The van der Waals surface area contributed by atoms with Gasteiger partial charge in [0.2, 0.25) is 0 Å². The summed E-state index contributed by atoms with van der Waals surface area (Å²) in [5.41, 5.74) is -0.327. The largest absolute Gasteiger partial charge is 0.271 e. The first-order valence-corrected chi connectivity index (χ1v) is 4.76. The highest BCUT2D eigenvalue weighted by Gasteiger charge is 2.20. The van der Waals surface area contributed by atoms with Gasteiger partial charge in [-0.25, -0.2) is 5.06 Å². The second kappa shape index (κ2) is 4.23. The lowest BCUT2D eigenvalue weighted by Crippen LogP contribution is -2.38. The van der Waals surface area contributed by atoms with Gasteiger partial charge in [0.15, 0.2) is 0 Å². The molecule has 1 amide bonds. The molecule has 1 atom stereocenters. The average molecular weight is 238 g/mol. The molecule has 0 aromatic rings. The van der Waals surface area contributed by atoms with Crippen molar-refractivity contribution in [3.8, 4) is 0 Å². The fourth-order valence-corrected chi connectivity index (χ4v) is 0.995. The van der Waals surface area contributed by atoms with Gasteiger partial charge in [-0.3, -0.25) is 9.63 Å². The molecule has 0 saturated carbocycles. The van der Waals surface area contributed by atoms with Gasteiger partial charge in [0.25, 0.3) is 5.91 Å². The van der Waals surface area contributed by atoms with Crippen LogP contribution in [0.2, 0.25) is 0 Å². The Hall–Kier alpha value is -0.0900. The van der Waals surface area contributed by atoms with E-state index in [9.17, 15) is 4.79 Å². The SMILES string of the molecule is C[C@H](Br)C(=O)N(C)OC(C)(C)C. The second-order valence-corrected chi connectivity index (χ2v) is 5.03. The van der Waals surface area contributed by atoms with Crippen molar-refractivity contribution in [2.75, 3.05) is 7.05 Å². The minimum absolute atomic E-state index is 0.0788. The summed E-state index contributed by atoms with van der Waals surface area (Å²) in [6.45, 7) is 7.46. The van der Waals surface area contributed by atoms with Crippen molar-refractivity contribution < 1.29 is 9.63 Å². The van der Waals surface area contributed by atoms with Crippen molar-refractivity contribution in [3.63, 3.8) is 0 Å². The summed E-state index contributed by atoms with van der Waals surface area (Å²) in [4.78, 5) is 16.4. The molecule has 0 aliphatic rings. The van der Waals surface area contributed by atoms with Crippen molar-refractivity contribution in [1.29, 1.82) is 0 Å². The average Bonchev–Trinajstić information content (AvgIpc) is 1.82.